The van der Waals surface area contributed by atoms with E-state index in [0.717, 1.165) is 6.26 Å². The maximum atomic E-state index is 12.2. The molecule has 1 aromatic rings. The summed E-state index contributed by atoms with van der Waals surface area (Å²) in [5.74, 6) is -0.0386. The average molecular weight is 370 g/mol. The Bertz CT molecular complexity index is 677. The number of pyridine rings is 1. The van der Waals surface area contributed by atoms with Crippen LogP contribution < -0.4 is 0 Å². The molecule has 25 heavy (non-hydrogen) atoms. The van der Waals surface area contributed by atoms with Gasteiger partial charge in [-0.2, -0.15) is 8.42 Å². The second kappa shape index (κ2) is 7.70. The van der Waals surface area contributed by atoms with Crippen molar-refractivity contribution >= 4 is 16.2 Å². The fraction of sp³-hybridized carbons (Fsp3) is 0.647. The van der Waals surface area contributed by atoms with Crippen molar-refractivity contribution in [3.63, 3.8) is 0 Å². The predicted molar refractivity (Wildman–Crippen MR) is 93.4 cm³/mol. The zero-order valence-corrected chi connectivity index (χ0v) is 16.0. The van der Waals surface area contributed by atoms with Crippen LogP contribution >= 0.6 is 0 Å². The number of hydrogen-bond donors (Lipinski definition) is 0. The van der Waals surface area contributed by atoms with Gasteiger partial charge in [-0.05, 0) is 51.7 Å². The van der Waals surface area contributed by atoms with E-state index >= 15 is 0 Å². The molecule has 1 aliphatic heterocycles. The normalized spacial score (nSPS) is 18.0. The zero-order chi connectivity index (χ0) is 18.7. The van der Waals surface area contributed by atoms with Gasteiger partial charge in [-0.3, -0.25) is 9.17 Å². The molecule has 1 amide bonds. The number of carbonyl (C=O) groups is 1. The van der Waals surface area contributed by atoms with Gasteiger partial charge >= 0.3 is 6.09 Å². The van der Waals surface area contributed by atoms with Crippen molar-refractivity contribution in [1.82, 2.24) is 9.88 Å². The minimum atomic E-state index is -3.62. The summed E-state index contributed by atoms with van der Waals surface area (Å²) in [4.78, 5) is 18.1. The maximum Gasteiger partial charge on any atom is 0.410 e. The molecule has 1 saturated heterocycles. The average Bonchev–Trinajstić information content (AvgIpc) is 2.51. The fourth-order valence-electron chi connectivity index (χ4n) is 2.81. The molecule has 2 rings (SSSR count). The fourth-order valence-corrected chi connectivity index (χ4v) is 3.45. The lowest BCUT2D eigenvalue weighted by Gasteiger charge is -2.36. The van der Waals surface area contributed by atoms with Crippen molar-refractivity contribution in [1.29, 1.82) is 0 Å². The van der Waals surface area contributed by atoms with E-state index in [0.29, 0.717) is 31.6 Å². The second-order valence-corrected chi connectivity index (χ2v) is 8.88. The van der Waals surface area contributed by atoms with Crippen molar-refractivity contribution in [3.05, 3.63) is 30.1 Å². The molecule has 1 atom stereocenters. The maximum absolute atomic E-state index is 12.2. The Morgan fingerprint density at radius 3 is 2.40 bits per heavy atom. The molecule has 2 heterocycles. The highest BCUT2D eigenvalue weighted by molar-refractivity contribution is 7.86. The monoisotopic (exact) mass is 370 g/mol. The van der Waals surface area contributed by atoms with E-state index in [9.17, 15) is 13.2 Å². The van der Waals surface area contributed by atoms with Crippen molar-refractivity contribution in [3.8, 4) is 0 Å². The van der Waals surface area contributed by atoms with E-state index in [1.165, 1.54) is 0 Å². The number of amides is 1. The lowest BCUT2D eigenvalue weighted by atomic mass is 9.89. The Labute approximate surface area is 149 Å². The minimum absolute atomic E-state index is 0.0386. The second-order valence-electron chi connectivity index (χ2n) is 7.28. The number of aromatic nitrogens is 1. The third-order valence-electron chi connectivity index (χ3n) is 3.88. The Morgan fingerprint density at radius 1 is 1.28 bits per heavy atom. The summed E-state index contributed by atoms with van der Waals surface area (Å²) in [5, 5.41) is 0. The zero-order valence-electron chi connectivity index (χ0n) is 15.1. The quantitative estimate of drug-likeness (QED) is 0.758. The lowest BCUT2D eigenvalue weighted by Crippen LogP contribution is -2.43. The molecule has 1 aromatic heterocycles. The van der Waals surface area contributed by atoms with Crippen molar-refractivity contribution in [2.24, 2.45) is 5.92 Å². The first-order valence-corrected chi connectivity index (χ1v) is 10.1. The lowest BCUT2D eigenvalue weighted by molar-refractivity contribution is 0.0108. The van der Waals surface area contributed by atoms with Gasteiger partial charge < -0.3 is 9.64 Å². The van der Waals surface area contributed by atoms with Gasteiger partial charge in [0.25, 0.3) is 10.1 Å². The van der Waals surface area contributed by atoms with Crippen molar-refractivity contribution in [2.75, 3.05) is 19.3 Å². The topological polar surface area (TPSA) is 85.8 Å². The molecule has 1 aliphatic rings. The smallest absolute Gasteiger partial charge is 0.410 e. The number of rotatable bonds is 4. The Balaban J connectivity index is 2.06. The first kappa shape index (κ1) is 19.7. The summed E-state index contributed by atoms with van der Waals surface area (Å²) in [6, 6.07) is 5.33. The molecule has 0 radical (unpaired) electrons. The van der Waals surface area contributed by atoms with E-state index in [2.05, 4.69) is 4.98 Å². The molecule has 0 aliphatic carbocycles. The number of ether oxygens (including phenoxy) is 1. The van der Waals surface area contributed by atoms with Crippen molar-refractivity contribution < 1.29 is 22.1 Å². The van der Waals surface area contributed by atoms with Gasteiger partial charge in [-0.25, -0.2) is 4.79 Å². The van der Waals surface area contributed by atoms with Gasteiger partial charge in [0.2, 0.25) is 0 Å². The summed E-state index contributed by atoms with van der Waals surface area (Å²) < 4.78 is 34.0. The van der Waals surface area contributed by atoms with E-state index < -0.39 is 21.8 Å². The molecular formula is C17H26N2O5S. The standard InChI is InChI=1S/C17H26N2O5S/c1-17(2,3)23-16(20)19-11-8-13(9-12-19)15(24-25(4,21)22)14-7-5-6-10-18-14/h5-7,10,13,15H,8-9,11-12H2,1-4H3. The molecule has 7 nitrogen and oxygen atoms in total. The first-order valence-electron chi connectivity index (χ1n) is 8.32. The first-order chi connectivity index (χ1) is 11.6. The van der Waals surface area contributed by atoms with Gasteiger partial charge in [-0.15, -0.1) is 0 Å². The highest BCUT2D eigenvalue weighted by Gasteiger charge is 2.34. The molecule has 8 heteroatoms. The van der Waals surface area contributed by atoms with Crippen LogP contribution in [0.3, 0.4) is 0 Å². The Hall–Kier alpha value is -1.67. The van der Waals surface area contributed by atoms with Gasteiger partial charge in [-0.1, -0.05) is 6.07 Å². The van der Waals surface area contributed by atoms with Crippen LogP contribution in [0.25, 0.3) is 0 Å². The van der Waals surface area contributed by atoms with Crippen LogP contribution in [0.5, 0.6) is 0 Å². The highest BCUT2D eigenvalue weighted by Crippen LogP contribution is 2.34. The summed E-state index contributed by atoms with van der Waals surface area (Å²) >= 11 is 0. The third-order valence-corrected chi connectivity index (χ3v) is 4.43. The molecule has 1 fully saturated rings. The molecule has 1 unspecified atom stereocenters. The van der Waals surface area contributed by atoms with E-state index in [1.54, 1.807) is 29.3 Å². The van der Waals surface area contributed by atoms with Gasteiger partial charge in [0, 0.05) is 19.3 Å². The van der Waals surface area contributed by atoms with Gasteiger partial charge in [0.1, 0.15) is 11.7 Å². The molecule has 0 N–H and O–H groups in total. The SMILES string of the molecule is CC(C)(C)OC(=O)N1CCC(C(OS(C)(=O)=O)c2ccccn2)CC1. The number of carbonyl (C=O) groups excluding carboxylic acids is 1. The number of piperidine rings is 1. The Kier molecular flexibility index (Phi) is 6.05. The van der Waals surface area contributed by atoms with Crippen LogP contribution in [0.15, 0.2) is 24.4 Å². The van der Waals surface area contributed by atoms with E-state index in [4.69, 9.17) is 8.92 Å². The van der Waals surface area contributed by atoms with E-state index in [1.807, 2.05) is 20.8 Å². The van der Waals surface area contributed by atoms with Crippen LogP contribution in [0.4, 0.5) is 4.79 Å². The predicted octanol–water partition coefficient (Wildman–Crippen LogP) is 2.75. The molecule has 0 spiro atoms. The van der Waals surface area contributed by atoms with Crippen LogP contribution in [-0.2, 0) is 19.0 Å². The van der Waals surface area contributed by atoms with Crippen LogP contribution in [0, 0.1) is 5.92 Å². The van der Waals surface area contributed by atoms with Gasteiger partial charge in [0.05, 0.1) is 11.9 Å². The number of nitrogens with zero attached hydrogens (tertiary/aromatic N) is 2. The highest BCUT2D eigenvalue weighted by atomic mass is 32.2. The molecule has 0 saturated carbocycles. The van der Waals surface area contributed by atoms with Crippen LogP contribution in [0.1, 0.15) is 45.4 Å². The summed E-state index contributed by atoms with van der Waals surface area (Å²) in [7, 11) is -3.62. The van der Waals surface area contributed by atoms with Crippen LogP contribution in [-0.4, -0.2) is 49.3 Å². The van der Waals surface area contributed by atoms with Crippen molar-refractivity contribution in [2.45, 2.75) is 45.3 Å². The van der Waals surface area contributed by atoms with Crippen LogP contribution in [0.2, 0.25) is 0 Å². The summed E-state index contributed by atoms with van der Waals surface area (Å²) in [5.41, 5.74) is 0.0488. The number of likely N-dealkylation sites (tertiary alicyclic amines) is 1. The summed E-state index contributed by atoms with van der Waals surface area (Å²) in [6.45, 7) is 6.48. The molecule has 0 bridgehead atoms. The number of hydrogen-bond acceptors (Lipinski definition) is 6. The minimum Gasteiger partial charge on any atom is -0.444 e. The Morgan fingerprint density at radius 2 is 1.92 bits per heavy atom. The summed E-state index contributed by atoms with van der Waals surface area (Å²) in [6.07, 6.45) is 2.91. The molecule has 140 valence electrons. The van der Waals surface area contributed by atoms with E-state index in [-0.39, 0.29) is 12.0 Å². The molecule has 0 aromatic carbocycles. The van der Waals surface area contributed by atoms with Gasteiger partial charge in [0.15, 0.2) is 0 Å². The largest absolute Gasteiger partial charge is 0.444 e. The molecular weight excluding hydrogens is 344 g/mol. The third kappa shape index (κ3) is 6.28.